The number of hydrogen-bond donors (Lipinski definition) is 0. The lowest BCUT2D eigenvalue weighted by Gasteiger charge is -2.20. The van der Waals surface area contributed by atoms with Crippen molar-refractivity contribution >= 4 is 17.3 Å². The molecule has 0 atom stereocenters. The molecule has 1 nitrogen and oxygen atoms in total. The van der Waals surface area contributed by atoms with Crippen LogP contribution in [-0.4, -0.2) is 7.05 Å². The van der Waals surface area contributed by atoms with Crippen molar-refractivity contribution in [2.24, 2.45) is 0 Å². The van der Waals surface area contributed by atoms with Crippen LogP contribution in [0.4, 0.5) is 10.1 Å². The molecule has 0 aliphatic heterocycles. The molecule has 2 aromatic carbocycles. The maximum absolute atomic E-state index is 14.0. The van der Waals surface area contributed by atoms with Gasteiger partial charge in [-0.3, -0.25) is 0 Å². The highest BCUT2D eigenvalue weighted by Crippen LogP contribution is 2.22. The summed E-state index contributed by atoms with van der Waals surface area (Å²) < 4.78 is 14.0. The number of alkyl halides is 1. The lowest BCUT2D eigenvalue weighted by atomic mass is 10.1. The molecule has 0 unspecified atom stereocenters. The Kier molecular flexibility index (Phi) is 4.43. The molecule has 0 saturated heterocycles. The Bertz CT molecular complexity index is 568. The van der Waals surface area contributed by atoms with Crippen LogP contribution in [-0.2, 0) is 12.4 Å². The van der Waals surface area contributed by atoms with Gasteiger partial charge in [-0.05, 0) is 30.2 Å². The lowest BCUT2D eigenvalue weighted by Crippen LogP contribution is -2.17. The van der Waals surface area contributed by atoms with E-state index in [1.54, 1.807) is 6.07 Å². The number of aryl methyl sites for hydroxylation is 1. The van der Waals surface area contributed by atoms with Crippen LogP contribution < -0.4 is 4.90 Å². The van der Waals surface area contributed by atoms with Gasteiger partial charge >= 0.3 is 0 Å². The molecule has 3 heteroatoms. The Morgan fingerprint density at radius 3 is 2.53 bits per heavy atom. The zero-order chi connectivity index (χ0) is 13.8. The van der Waals surface area contributed by atoms with Gasteiger partial charge in [0.2, 0.25) is 0 Å². The molecule has 0 aliphatic rings. The molecule has 2 rings (SSSR count). The molecular formula is C16H17ClFN. The second-order valence-electron chi connectivity index (χ2n) is 4.76. The third-order valence-corrected chi connectivity index (χ3v) is 3.39. The van der Waals surface area contributed by atoms with Crippen molar-refractivity contribution < 1.29 is 4.39 Å². The van der Waals surface area contributed by atoms with E-state index in [2.05, 4.69) is 25.1 Å². The summed E-state index contributed by atoms with van der Waals surface area (Å²) in [5, 5.41) is 0. The third-order valence-electron chi connectivity index (χ3n) is 3.08. The Balaban J connectivity index is 2.18. The molecule has 0 fully saturated rings. The summed E-state index contributed by atoms with van der Waals surface area (Å²) in [6.45, 7) is 2.73. The zero-order valence-electron chi connectivity index (χ0n) is 11.2. The molecule has 0 saturated carbocycles. The van der Waals surface area contributed by atoms with Crippen LogP contribution in [0.3, 0.4) is 0 Å². The van der Waals surface area contributed by atoms with Gasteiger partial charge in [0, 0.05) is 19.5 Å². The standard InChI is InChI=1S/C16H17ClFN/c1-12-4-3-5-14(8-12)11-19(2)16-7-6-13(10-17)9-15(16)18/h3-9H,10-11H2,1-2H3. The minimum absolute atomic E-state index is 0.228. The van der Waals surface area contributed by atoms with Crippen LogP contribution in [0.25, 0.3) is 0 Å². The van der Waals surface area contributed by atoms with Crippen molar-refractivity contribution in [2.45, 2.75) is 19.3 Å². The topological polar surface area (TPSA) is 3.24 Å². The minimum Gasteiger partial charge on any atom is -0.368 e. The Hall–Kier alpha value is -1.54. The molecular weight excluding hydrogens is 261 g/mol. The first-order valence-corrected chi connectivity index (χ1v) is 6.74. The highest BCUT2D eigenvalue weighted by Gasteiger charge is 2.08. The molecule has 0 radical (unpaired) electrons. The molecule has 0 spiro atoms. The van der Waals surface area contributed by atoms with Crippen molar-refractivity contribution in [3.05, 3.63) is 65.0 Å². The Labute approximate surface area is 118 Å². The first kappa shape index (κ1) is 13.9. The predicted molar refractivity (Wildman–Crippen MR) is 79.2 cm³/mol. The third kappa shape index (κ3) is 3.48. The van der Waals surface area contributed by atoms with Crippen LogP contribution in [0.1, 0.15) is 16.7 Å². The smallest absolute Gasteiger partial charge is 0.146 e. The van der Waals surface area contributed by atoms with E-state index in [0.29, 0.717) is 18.1 Å². The molecule has 100 valence electrons. The summed E-state index contributed by atoms with van der Waals surface area (Å²) in [6.07, 6.45) is 0. The van der Waals surface area contributed by atoms with Gasteiger partial charge in [-0.2, -0.15) is 0 Å². The van der Waals surface area contributed by atoms with E-state index in [9.17, 15) is 4.39 Å². The van der Waals surface area contributed by atoms with Crippen molar-refractivity contribution in [3.8, 4) is 0 Å². The van der Waals surface area contributed by atoms with Gasteiger partial charge in [-0.1, -0.05) is 35.9 Å². The fourth-order valence-corrected chi connectivity index (χ4v) is 2.28. The van der Waals surface area contributed by atoms with E-state index in [0.717, 1.165) is 5.56 Å². The summed E-state index contributed by atoms with van der Waals surface area (Å²) >= 11 is 5.70. The molecule has 0 bridgehead atoms. The SMILES string of the molecule is Cc1cccc(CN(C)c2ccc(CCl)cc2F)c1. The van der Waals surface area contributed by atoms with E-state index >= 15 is 0 Å². The molecule has 19 heavy (non-hydrogen) atoms. The van der Waals surface area contributed by atoms with Gasteiger partial charge in [0.15, 0.2) is 0 Å². The fraction of sp³-hybridized carbons (Fsp3) is 0.250. The van der Waals surface area contributed by atoms with Crippen molar-refractivity contribution in [1.29, 1.82) is 0 Å². The molecule has 0 aromatic heterocycles. The highest BCUT2D eigenvalue weighted by atomic mass is 35.5. The van der Waals surface area contributed by atoms with E-state index in [1.807, 2.05) is 24.1 Å². The van der Waals surface area contributed by atoms with E-state index in [1.165, 1.54) is 17.2 Å². The van der Waals surface area contributed by atoms with Crippen LogP contribution in [0.2, 0.25) is 0 Å². The van der Waals surface area contributed by atoms with Crippen LogP contribution >= 0.6 is 11.6 Å². The predicted octanol–water partition coefficient (Wildman–Crippen LogP) is 4.51. The quantitative estimate of drug-likeness (QED) is 0.743. The van der Waals surface area contributed by atoms with Crippen molar-refractivity contribution in [2.75, 3.05) is 11.9 Å². The molecule has 0 N–H and O–H groups in total. The summed E-state index contributed by atoms with van der Waals surface area (Å²) in [5.41, 5.74) is 3.77. The first-order chi connectivity index (χ1) is 9.10. The zero-order valence-corrected chi connectivity index (χ0v) is 11.9. The maximum atomic E-state index is 14.0. The number of halogens is 2. The normalized spacial score (nSPS) is 10.5. The molecule has 0 aliphatic carbocycles. The van der Waals surface area contributed by atoms with Crippen molar-refractivity contribution in [3.63, 3.8) is 0 Å². The van der Waals surface area contributed by atoms with Gasteiger partial charge in [0.1, 0.15) is 5.82 Å². The lowest BCUT2D eigenvalue weighted by molar-refractivity contribution is 0.621. The van der Waals surface area contributed by atoms with E-state index < -0.39 is 0 Å². The van der Waals surface area contributed by atoms with Gasteiger partial charge < -0.3 is 4.90 Å². The summed E-state index contributed by atoms with van der Waals surface area (Å²) in [7, 11) is 1.89. The number of nitrogens with zero attached hydrogens (tertiary/aromatic N) is 1. The number of hydrogen-bond acceptors (Lipinski definition) is 1. The highest BCUT2D eigenvalue weighted by molar-refractivity contribution is 6.17. The first-order valence-electron chi connectivity index (χ1n) is 6.21. The number of benzene rings is 2. The summed E-state index contributed by atoms with van der Waals surface area (Å²) in [5.74, 6) is 0.104. The van der Waals surface area contributed by atoms with E-state index in [4.69, 9.17) is 11.6 Å². The average Bonchev–Trinajstić information content (AvgIpc) is 2.38. The summed E-state index contributed by atoms with van der Waals surface area (Å²) in [4.78, 5) is 1.90. The maximum Gasteiger partial charge on any atom is 0.146 e. The molecule has 2 aromatic rings. The molecule has 0 amide bonds. The van der Waals surface area contributed by atoms with Gasteiger partial charge in [0.05, 0.1) is 5.69 Å². The number of rotatable bonds is 4. The van der Waals surface area contributed by atoms with Gasteiger partial charge in [-0.25, -0.2) is 4.39 Å². The Morgan fingerprint density at radius 1 is 1.11 bits per heavy atom. The van der Waals surface area contributed by atoms with Gasteiger partial charge in [-0.15, -0.1) is 11.6 Å². The Morgan fingerprint density at radius 2 is 1.89 bits per heavy atom. The second-order valence-corrected chi connectivity index (χ2v) is 5.03. The fourth-order valence-electron chi connectivity index (χ4n) is 2.11. The summed E-state index contributed by atoms with van der Waals surface area (Å²) in [6, 6.07) is 13.4. The minimum atomic E-state index is -0.228. The largest absolute Gasteiger partial charge is 0.368 e. The van der Waals surface area contributed by atoms with Crippen molar-refractivity contribution in [1.82, 2.24) is 0 Å². The van der Waals surface area contributed by atoms with Gasteiger partial charge in [0.25, 0.3) is 0 Å². The van der Waals surface area contributed by atoms with Crippen LogP contribution in [0.5, 0.6) is 0 Å². The van der Waals surface area contributed by atoms with Crippen LogP contribution in [0, 0.1) is 12.7 Å². The van der Waals surface area contributed by atoms with E-state index in [-0.39, 0.29) is 5.82 Å². The molecule has 0 heterocycles. The number of anilines is 1. The van der Waals surface area contributed by atoms with Crippen LogP contribution in [0.15, 0.2) is 42.5 Å². The second kappa shape index (κ2) is 6.07. The average molecular weight is 278 g/mol. The monoisotopic (exact) mass is 277 g/mol.